The molecule has 12 nitrogen and oxygen atoms in total. The average Bonchev–Trinajstić information content (AvgIpc) is 4.19. The number of aromatic amines is 2. The number of anilines is 2. The van der Waals surface area contributed by atoms with E-state index in [1.165, 1.54) is 35.9 Å². The number of hydrogen-bond donors (Lipinski definition) is 4. The zero-order valence-electron chi connectivity index (χ0n) is 39.8. The molecule has 0 saturated heterocycles. The predicted octanol–water partition coefficient (Wildman–Crippen LogP) is 11.0. The summed E-state index contributed by atoms with van der Waals surface area (Å²) in [5.74, 6) is 1.38. The summed E-state index contributed by atoms with van der Waals surface area (Å²) >= 11 is 2.16. The first-order chi connectivity index (χ1) is 34.5. The van der Waals surface area contributed by atoms with Gasteiger partial charge >= 0.3 is 12.4 Å². The van der Waals surface area contributed by atoms with Gasteiger partial charge in [-0.3, -0.25) is 9.59 Å². The monoisotopic (exact) mass is 1060 g/mol. The van der Waals surface area contributed by atoms with Crippen LogP contribution in [0.25, 0.3) is 42.7 Å². The Labute approximate surface area is 430 Å². The Bertz CT molecular complexity index is 2980. The van der Waals surface area contributed by atoms with Crippen molar-refractivity contribution in [3.63, 3.8) is 0 Å². The zero-order valence-corrected chi connectivity index (χ0v) is 42.2. The molecule has 8 aromatic rings. The number of H-pyrrole nitrogens is 2. The quantitative estimate of drug-likeness (QED) is 0.0776. The molecule has 2 saturated carbocycles. The van der Waals surface area contributed by atoms with Crippen LogP contribution >= 0.6 is 35.1 Å². The molecule has 6 aromatic heterocycles. The van der Waals surface area contributed by atoms with Gasteiger partial charge in [0.2, 0.25) is 11.1 Å². The Morgan fingerprint density at radius 3 is 1.30 bits per heavy atom. The molecule has 0 spiro atoms. The number of fused-ring (bicyclic) bond motifs is 2. The third-order valence-electron chi connectivity index (χ3n) is 13.4. The number of benzene rings is 2. The van der Waals surface area contributed by atoms with Crippen LogP contribution in [-0.4, -0.2) is 80.5 Å². The molecule has 0 bridgehead atoms. The smallest absolute Gasteiger partial charge is 0.356 e. The molecule has 0 radical (unpaired) electrons. The summed E-state index contributed by atoms with van der Waals surface area (Å²) in [6.07, 6.45) is 1.75. The molecule has 384 valence electrons. The minimum Gasteiger partial charge on any atom is -0.356 e. The van der Waals surface area contributed by atoms with E-state index in [1.54, 1.807) is 36.7 Å². The number of halogens is 7. The summed E-state index contributed by atoms with van der Waals surface area (Å²) in [4.78, 5) is 51.0. The Kier molecular flexibility index (Phi) is 16.7. The molecule has 0 aliphatic heterocycles. The van der Waals surface area contributed by atoms with Crippen LogP contribution in [0.3, 0.4) is 0 Å². The summed E-state index contributed by atoms with van der Waals surface area (Å²) in [7, 11) is 3.93. The van der Waals surface area contributed by atoms with Crippen molar-refractivity contribution in [1.82, 2.24) is 40.5 Å². The van der Waals surface area contributed by atoms with Gasteiger partial charge in [0.1, 0.15) is 34.0 Å². The van der Waals surface area contributed by atoms with Crippen LogP contribution in [0.15, 0.2) is 120 Å². The summed E-state index contributed by atoms with van der Waals surface area (Å²) in [6.45, 7) is 1.49. The lowest BCUT2D eigenvalue weighted by Gasteiger charge is -2.26. The Hall–Kier alpha value is -6.19. The van der Waals surface area contributed by atoms with Gasteiger partial charge in [0.05, 0.1) is 23.6 Å². The van der Waals surface area contributed by atoms with Crippen molar-refractivity contribution in [2.75, 3.05) is 23.9 Å². The molecule has 4 N–H and O–H groups in total. The Morgan fingerprint density at radius 2 is 0.945 bits per heavy atom. The van der Waals surface area contributed by atoms with Crippen LogP contribution in [0.1, 0.15) is 59.4 Å². The zero-order chi connectivity index (χ0) is 50.6. The fraction of sp³-hybridized carbons (Fsp3) is 0.346. The van der Waals surface area contributed by atoms with Crippen molar-refractivity contribution >= 4 is 67.1 Å². The summed E-state index contributed by atoms with van der Waals surface area (Å²) in [6, 6.07) is 27.5. The Morgan fingerprint density at radius 1 is 0.562 bits per heavy atom. The van der Waals surface area contributed by atoms with E-state index in [2.05, 4.69) is 74.6 Å². The summed E-state index contributed by atoms with van der Waals surface area (Å²) < 4.78 is 77.2. The molecule has 0 unspecified atom stereocenters. The maximum atomic E-state index is 12.9. The second-order valence-corrected chi connectivity index (χ2v) is 20.7. The molecule has 21 heteroatoms. The van der Waals surface area contributed by atoms with Crippen molar-refractivity contribution in [2.45, 2.75) is 101 Å². The largest absolute Gasteiger partial charge is 0.393 e. The van der Waals surface area contributed by atoms with Gasteiger partial charge in [0.25, 0.3) is 0 Å². The number of pyridine rings is 2. The van der Waals surface area contributed by atoms with E-state index in [-0.39, 0.29) is 45.4 Å². The first kappa shape index (κ1) is 53.1. The molecule has 6 heterocycles. The normalized spacial score (nSPS) is 17.9. The number of alkyl halides is 6. The molecule has 2 aliphatic carbocycles. The highest BCUT2D eigenvalue weighted by Crippen LogP contribution is 2.38. The maximum Gasteiger partial charge on any atom is 0.393 e. The third kappa shape index (κ3) is 13.7. The van der Waals surface area contributed by atoms with Gasteiger partial charge in [-0.15, -0.1) is 35.1 Å². The molecule has 2 fully saturated rings. The van der Waals surface area contributed by atoms with E-state index >= 15 is 0 Å². The average molecular weight is 1060 g/mol. The number of hydrogen-bond acceptors (Lipinski definition) is 12. The molecule has 0 amide bonds. The number of thiophene rings is 2. The molecular formula is C52H53ClF6N10O2S2. The lowest BCUT2D eigenvalue weighted by Crippen LogP contribution is -2.33. The molecule has 73 heavy (non-hydrogen) atoms. The second kappa shape index (κ2) is 22.9. The topological polar surface area (TPSA) is 148 Å². The van der Waals surface area contributed by atoms with Crippen LogP contribution in [-0.2, 0) is 25.9 Å². The lowest BCUT2D eigenvalue weighted by molar-refractivity contribution is -0.127. The van der Waals surface area contributed by atoms with E-state index in [0.29, 0.717) is 44.2 Å². The van der Waals surface area contributed by atoms with Crippen LogP contribution in [0, 0.1) is 0 Å². The summed E-state index contributed by atoms with van der Waals surface area (Å²) in [5.41, 5.74) is 6.12. The molecule has 10 rings (SSSR count). The first-order valence-electron chi connectivity index (χ1n) is 23.6. The van der Waals surface area contributed by atoms with Crippen LogP contribution in [0.2, 0.25) is 0 Å². The fourth-order valence-corrected chi connectivity index (χ4v) is 11.6. The maximum absolute atomic E-state index is 12.9. The van der Waals surface area contributed by atoms with Crippen molar-refractivity contribution < 1.29 is 26.3 Å². The number of nitrogens with one attached hydrogen (secondary N) is 4. The van der Waals surface area contributed by atoms with E-state index in [0.717, 1.165) is 96.5 Å². The van der Waals surface area contributed by atoms with Crippen molar-refractivity contribution in [2.24, 2.45) is 0 Å². The molecular weight excluding hydrogens is 1010 g/mol. The first-order valence-corrected chi connectivity index (χ1v) is 25.2. The number of rotatable bonds is 14. The number of nitrogens with zero attached hydrogens (tertiary/aromatic N) is 6. The van der Waals surface area contributed by atoms with E-state index in [4.69, 9.17) is 0 Å². The SMILES string of the molecule is CN(c1ncnc2sc(CC(F)(F)F)cc12)[C@@H]1CC[C@H](NCc2ccc(-c3ccc(=O)[nH]c3)cc2)C1.CN(c1ncnc2sc(CC(F)(F)F)cc12)[C@@H]1CC[C@H](NCc2ccc(-c3ccc(=O)[nH]c3)cc2)C1.Cl. The minimum atomic E-state index is -4.24. The van der Waals surface area contributed by atoms with E-state index in [9.17, 15) is 35.9 Å². The van der Waals surface area contributed by atoms with E-state index in [1.807, 2.05) is 38.4 Å². The standard InChI is InChI=1S/2C26H26F3N5OS.ClH/c2*1-34(24-22-11-21(12-26(27,28)29)36-25(22)33-15-32-24)20-8-7-19(10-20)30-13-16-2-4-17(5-3-16)18-6-9-23(35)31-14-18;/h2*2-6,9,11,14-15,19-20,30H,7-8,10,12-13H2,1H3,(H,31,35);1H/t2*19-,20+;/m00./s1. The summed E-state index contributed by atoms with van der Waals surface area (Å²) in [5, 5.41) is 8.64. The highest BCUT2D eigenvalue weighted by Gasteiger charge is 2.33. The van der Waals surface area contributed by atoms with E-state index < -0.39 is 25.2 Å². The van der Waals surface area contributed by atoms with Crippen molar-refractivity contribution in [1.29, 1.82) is 0 Å². The molecule has 2 aliphatic rings. The van der Waals surface area contributed by atoms with Gasteiger partial charge in [0, 0.05) is 85.6 Å². The lowest BCUT2D eigenvalue weighted by atomic mass is 10.1. The van der Waals surface area contributed by atoms with Crippen LogP contribution < -0.4 is 31.6 Å². The van der Waals surface area contributed by atoms with Gasteiger partial charge in [-0.25, -0.2) is 19.9 Å². The minimum absolute atomic E-state index is 0. The van der Waals surface area contributed by atoms with Crippen LogP contribution in [0.4, 0.5) is 38.0 Å². The van der Waals surface area contributed by atoms with Gasteiger partial charge in [-0.2, -0.15) is 26.3 Å². The van der Waals surface area contributed by atoms with Crippen molar-refractivity contribution in [3.05, 3.63) is 152 Å². The molecule has 4 atom stereocenters. The van der Waals surface area contributed by atoms with Gasteiger partial charge < -0.3 is 30.4 Å². The second-order valence-electron chi connectivity index (χ2n) is 18.4. The van der Waals surface area contributed by atoms with Gasteiger partial charge in [0.15, 0.2) is 0 Å². The molecule has 2 aromatic carbocycles. The fourth-order valence-electron chi connectivity index (χ4n) is 9.59. The highest BCUT2D eigenvalue weighted by atomic mass is 35.5. The van der Waals surface area contributed by atoms with Crippen LogP contribution in [0.5, 0.6) is 0 Å². The van der Waals surface area contributed by atoms with Gasteiger partial charge in [-0.05, 0) is 96.2 Å². The van der Waals surface area contributed by atoms with Gasteiger partial charge in [-0.1, -0.05) is 48.5 Å². The third-order valence-corrected chi connectivity index (χ3v) is 15.5. The highest BCUT2D eigenvalue weighted by molar-refractivity contribution is 7.19. The predicted molar refractivity (Wildman–Crippen MR) is 280 cm³/mol. The Balaban J connectivity index is 0.000000192. The van der Waals surface area contributed by atoms with Crippen molar-refractivity contribution in [3.8, 4) is 22.3 Å². The number of aromatic nitrogens is 6.